The molecule has 4 aromatic rings. The normalized spacial score (nSPS) is 11.3. The van der Waals surface area contributed by atoms with Crippen molar-refractivity contribution >= 4 is 28.8 Å². The molecule has 0 saturated carbocycles. The molecule has 4 rings (SSSR count). The van der Waals surface area contributed by atoms with Gasteiger partial charge in [0.2, 0.25) is 11.8 Å². The van der Waals surface area contributed by atoms with Gasteiger partial charge in [0.1, 0.15) is 21.6 Å². The maximum Gasteiger partial charge on any atom is 0.573 e. The molecule has 0 atom stereocenters. The minimum atomic E-state index is -4.84. The van der Waals surface area contributed by atoms with E-state index in [1.54, 1.807) is 18.3 Å². The van der Waals surface area contributed by atoms with Crippen LogP contribution in [-0.4, -0.2) is 33.4 Å². The number of nitrogens with one attached hydrogen (secondary N) is 1. The zero-order chi connectivity index (χ0) is 29.4. The van der Waals surface area contributed by atoms with Gasteiger partial charge in [-0.3, -0.25) is 14.6 Å². The van der Waals surface area contributed by atoms with Crippen LogP contribution in [0.3, 0.4) is 0 Å². The number of nitrogens with zero attached hydrogens (tertiary/aromatic N) is 3. The number of unbranched alkanes of at least 4 members (excludes halogenated alkanes) is 1. The number of aromatic nitrogens is 3. The molecule has 0 aliphatic rings. The van der Waals surface area contributed by atoms with E-state index in [1.165, 1.54) is 35.6 Å². The number of rotatable bonds is 12. The van der Waals surface area contributed by atoms with Gasteiger partial charge in [-0.05, 0) is 66.8 Å². The van der Waals surface area contributed by atoms with Gasteiger partial charge in [0, 0.05) is 18.2 Å². The molecular weight excluding hydrogens is 562 g/mol. The van der Waals surface area contributed by atoms with Crippen LogP contribution < -0.4 is 15.8 Å². The van der Waals surface area contributed by atoms with Gasteiger partial charge in [0.25, 0.3) is 0 Å². The molecule has 13 heteroatoms. The molecular formula is C28H25F4N5O3S. The van der Waals surface area contributed by atoms with Crippen LogP contribution in [-0.2, 0) is 35.3 Å². The SMILES string of the molecule is NC(=O)Cc1ncccc1-c1nnc(CCCCc2ccc(NC(=O)Cc3cccc(OC(F)(F)F)c3)c(F)c2)s1. The largest absolute Gasteiger partial charge is 0.573 e. The molecule has 0 bridgehead atoms. The number of benzene rings is 2. The first-order valence-corrected chi connectivity index (χ1v) is 13.4. The molecule has 0 radical (unpaired) electrons. The minimum absolute atomic E-state index is 0.0127. The number of primary amides is 1. The number of hydrogen-bond donors (Lipinski definition) is 2. The molecule has 2 amide bonds. The lowest BCUT2D eigenvalue weighted by molar-refractivity contribution is -0.274. The van der Waals surface area contributed by atoms with Crippen molar-refractivity contribution in [2.24, 2.45) is 5.73 Å². The Morgan fingerprint density at radius 3 is 2.51 bits per heavy atom. The number of ether oxygens (including phenoxy) is 1. The van der Waals surface area contributed by atoms with E-state index < -0.39 is 29.7 Å². The highest BCUT2D eigenvalue weighted by molar-refractivity contribution is 7.14. The lowest BCUT2D eigenvalue weighted by Crippen LogP contribution is -2.18. The summed E-state index contributed by atoms with van der Waals surface area (Å²) < 4.78 is 55.8. The van der Waals surface area contributed by atoms with Gasteiger partial charge in [0.05, 0.1) is 24.2 Å². The lowest BCUT2D eigenvalue weighted by Gasteiger charge is -2.11. The average molecular weight is 588 g/mol. The number of hydrogen-bond acceptors (Lipinski definition) is 7. The molecule has 41 heavy (non-hydrogen) atoms. The predicted octanol–water partition coefficient (Wildman–Crippen LogP) is 5.41. The number of carbonyl (C=O) groups excluding carboxylic acids is 2. The van der Waals surface area contributed by atoms with Gasteiger partial charge < -0.3 is 15.8 Å². The fourth-order valence-corrected chi connectivity index (χ4v) is 4.98. The van der Waals surface area contributed by atoms with Crippen molar-refractivity contribution in [2.75, 3.05) is 5.32 Å². The Bertz CT molecular complexity index is 1530. The van der Waals surface area contributed by atoms with Crippen LogP contribution in [0, 0.1) is 5.82 Å². The van der Waals surface area contributed by atoms with Crippen molar-refractivity contribution in [2.45, 2.75) is 44.9 Å². The predicted molar refractivity (Wildman–Crippen MR) is 145 cm³/mol. The summed E-state index contributed by atoms with van der Waals surface area (Å²) in [7, 11) is 0. The Kier molecular flexibility index (Phi) is 9.61. The summed E-state index contributed by atoms with van der Waals surface area (Å²) in [4.78, 5) is 27.9. The molecule has 0 spiro atoms. The van der Waals surface area contributed by atoms with E-state index in [1.807, 2.05) is 6.07 Å². The summed E-state index contributed by atoms with van der Waals surface area (Å²) >= 11 is 1.42. The summed E-state index contributed by atoms with van der Waals surface area (Å²) in [5.41, 5.74) is 7.60. The summed E-state index contributed by atoms with van der Waals surface area (Å²) in [5.74, 6) is -2.11. The first kappa shape index (κ1) is 29.6. The first-order chi connectivity index (χ1) is 19.6. The monoisotopic (exact) mass is 587 g/mol. The van der Waals surface area contributed by atoms with Crippen molar-refractivity contribution < 1.29 is 31.9 Å². The van der Waals surface area contributed by atoms with Crippen molar-refractivity contribution in [3.05, 3.63) is 88.4 Å². The molecule has 0 fully saturated rings. The van der Waals surface area contributed by atoms with Crippen LogP contribution in [0.5, 0.6) is 5.75 Å². The Hall–Kier alpha value is -4.39. The summed E-state index contributed by atoms with van der Waals surface area (Å²) in [6.45, 7) is 0. The van der Waals surface area contributed by atoms with Crippen molar-refractivity contribution in [1.82, 2.24) is 15.2 Å². The number of halogens is 4. The second-order valence-electron chi connectivity index (χ2n) is 9.08. The molecule has 2 heterocycles. The highest BCUT2D eigenvalue weighted by atomic mass is 32.1. The van der Waals surface area contributed by atoms with Crippen molar-refractivity contribution in [3.8, 4) is 16.3 Å². The molecule has 8 nitrogen and oxygen atoms in total. The number of nitrogens with two attached hydrogens (primary N) is 1. The lowest BCUT2D eigenvalue weighted by atomic mass is 10.1. The smallest absolute Gasteiger partial charge is 0.406 e. The first-order valence-electron chi connectivity index (χ1n) is 12.5. The fraction of sp³-hybridized carbons (Fsp3) is 0.250. The third kappa shape index (κ3) is 9.07. The quantitative estimate of drug-likeness (QED) is 0.169. The van der Waals surface area contributed by atoms with Crippen molar-refractivity contribution in [3.63, 3.8) is 0 Å². The molecule has 214 valence electrons. The number of alkyl halides is 3. The van der Waals surface area contributed by atoms with Crippen molar-refractivity contribution in [1.29, 1.82) is 0 Å². The van der Waals surface area contributed by atoms with Crippen LogP contribution in [0.1, 0.15) is 34.7 Å². The molecule has 3 N–H and O–H groups in total. The zero-order valence-electron chi connectivity index (χ0n) is 21.6. The van der Waals surface area contributed by atoms with Crippen LogP contribution in [0.4, 0.5) is 23.2 Å². The Labute approximate surface area is 236 Å². The van der Waals surface area contributed by atoms with Gasteiger partial charge in [-0.2, -0.15) is 0 Å². The summed E-state index contributed by atoms with van der Waals surface area (Å²) in [5, 5.41) is 12.4. The number of aryl methyl sites for hydroxylation is 2. The Morgan fingerprint density at radius 1 is 0.951 bits per heavy atom. The maximum atomic E-state index is 14.6. The number of amides is 2. The highest BCUT2D eigenvalue weighted by Crippen LogP contribution is 2.27. The molecule has 0 aliphatic carbocycles. The maximum absolute atomic E-state index is 14.6. The molecule has 2 aromatic heterocycles. The van der Waals surface area contributed by atoms with E-state index >= 15 is 0 Å². The number of anilines is 1. The van der Waals surface area contributed by atoms with E-state index in [9.17, 15) is 27.2 Å². The molecule has 2 aromatic carbocycles. The second kappa shape index (κ2) is 13.3. The molecule has 0 saturated heterocycles. The van der Waals surface area contributed by atoms with Crippen LogP contribution >= 0.6 is 11.3 Å². The highest BCUT2D eigenvalue weighted by Gasteiger charge is 2.31. The van der Waals surface area contributed by atoms with E-state index in [2.05, 4.69) is 25.2 Å². The van der Waals surface area contributed by atoms with Crippen LogP contribution in [0.2, 0.25) is 0 Å². The fourth-order valence-electron chi connectivity index (χ4n) is 4.06. The second-order valence-corrected chi connectivity index (χ2v) is 10.1. The average Bonchev–Trinajstić information content (AvgIpc) is 3.36. The van der Waals surface area contributed by atoms with Gasteiger partial charge in [-0.1, -0.05) is 29.5 Å². The standard InChI is InChI=1S/C28H25F4N5O3S/c29-21-14-17(10-11-22(21)35-25(39)15-18-6-3-7-19(13-18)40-28(30,31)32)5-1-2-9-26-36-37-27(41-26)20-8-4-12-34-23(20)16-24(33)38/h3-4,6-8,10-14H,1-2,5,9,15-16H2,(H2,33,38)(H,35,39). The summed E-state index contributed by atoms with van der Waals surface area (Å²) in [6, 6.07) is 13.1. The Morgan fingerprint density at radius 2 is 1.76 bits per heavy atom. The zero-order valence-corrected chi connectivity index (χ0v) is 22.4. The molecule has 0 unspecified atom stereocenters. The van der Waals surface area contributed by atoms with Crippen LogP contribution in [0.15, 0.2) is 60.8 Å². The number of carbonyl (C=O) groups is 2. The minimum Gasteiger partial charge on any atom is -0.406 e. The van der Waals surface area contributed by atoms with E-state index in [0.717, 1.165) is 41.1 Å². The Balaban J connectivity index is 1.25. The number of pyridine rings is 1. The van der Waals surface area contributed by atoms with Gasteiger partial charge in [-0.15, -0.1) is 23.4 Å². The third-order valence-corrected chi connectivity index (χ3v) is 6.86. The van der Waals surface area contributed by atoms with E-state index in [4.69, 9.17) is 5.73 Å². The van der Waals surface area contributed by atoms with Gasteiger partial charge in [-0.25, -0.2) is 4.39 Å². The van der Waals surface area contributed by atoms with E-state index in [-0.39, 0.29) is 24.1 Å². The van der Waals surface area contributed by atoms with E-state index in [0.29, 0.717) is 23.5 Å². The summed E-state index contributed by atoms with van der Waals surface area (Å²) in [6.07, 6.45) is -0.665. The third-order valence-electron chi connectivity index (χ3n) is 5.84. The van der Waals surface area contributed by atoms with Gasteiger partial charge >= 0.3 is 6.36 Å². The van der Waals surface area contributed by atoms with Crippen LogP contribution in [0.25, 0.3) is 10.6 Å². The van der Waals surface area contributed by atoms with Gasteiger partial charge in [0.15, 0.2) is 0 Å². The topological polar surface area (TPSA) is 120 Å². The molecule has 0 aliphatic heterocycles.